The third-order valence-corrected chi connectivity index (χ3v) is 6.64. The lowest BCUT2D eigenvalue weighted by Gasteiger charge is -2.56. The van der Waals surface area contributed by atoms with Crippen LogP contribution in [0.2, 0.25) is 0 Å². The first-order valence-electron chi connectivity index (χ1n) is 9.60. The summed E-state index contributed by atoms with van der Waals surface area (Å²) in [6.45, 7) is 6.80. The molecule has 0 aromatic carbocycles. The van der Waals surface area contributed by atoms with Crippen molar-refractivity contribution in [3.8, 4) is 0 Å². The molecule has 0 aliphatic carbocycles. The number of esters is 1. The van der Waals surface area contributed by atoms with Gasteiger partial charge in [-0.15, -0.1) is 0 Å². The van der Waals surface area contributed by atoms with Gasteiger partial charge in [-0.25, -0.2) is 4.79 Å². The van der Waals surface area contributed by atoms with Crippen molar-refractivity contribution < 1.29 is 14.3 Å². The van der Waals surface area contributed by atoms with Gasteiger partial charge in [0, 0.05) is 56.3 Å². The summed E-state index contributed by atoms with van der Waals surface area (Å²) in [5.74, 6) is 1.30. The van der Waals surface area contributed by atoms with Crippen LogP contribution in [0.1, 0.15) is 39.5 Å². The third-order valence-electron chi connectivity index (χ3n) is 6.64. The van der Waals surface area contributed by atoms with Crippen LogP contribution in [0.25, 0.3) is 0 Å². The van der Waals surface area contributed by atoms with Gasteiger partial charge in [-0.05, 0) is 44.6 Å². The van der Waals surface area contributed by atoms with Crippen molar-refractivity contribution in [2.45, 2.75) is 57.7 Å². The molecule has 0 aromatic rings. The van der Waals surface area contributed by atoms with Crippen molar-refractivity contribution in [1.29, 1.82) is 0 Å². The Labute approximate surface area is 149 Å². The van der Waals surface area contributed by atoms with E-state index in [1.807, 2.05) is 26.1 Å². The predicted molar refractivity (Wildman–Crippen MR) is 94.8 cm³/mol. The number of nitrogens with zero attached hydrogens (tertiary/aromatic N) is 2. The topological polar surface area (TPSA) is 49.9 Å². The van der Waals surface area contributed by atoms with Crippen molar-refractivity contribution in [3.63, 3.8) is 0 Å². The van der Waals surface area contributed by atoms with Gasteiger partial charge in [-0.2, -0.15) is 0 Å². The number of carbonyl (C=O) groups excluding carboxylic acids is 2. The fourth-order valence-electron chi connectivity index (χ4n) is 5.18. The van der Waals surface area contributed by atoms with Gasteiger partial charge in [0.25, 0.3) is 0 Å². The van der Waals surface area contributed by atoms with E-state index in [-0.39, 0.29) is 17.9 Å². The zero-order valence-electron chi connectivity index (χ0n) is 15.2. The summed E-state index contributed by atoms with van der Waals surface area (Å²) in [5, 5.41) is 0. The average molecular weight is 344 g/mol. The van der Waals surface area contributed by atoms with E-state index in [4.69, 9.17) is 4.74 Å². The molecule has 5 nitrogen and oxygen atoms in total. The molecule has 0 saturated carbocycles. The first-order valence-corrected chi connectivity index (χ1v) is 9.60. The second kappa shape index (κ2) is 6.60. The fraction of sp³-hybridized carbons (Fsp3) is 0.700. The smallest absolute Gasteiger partial charge is 0.333 e. The van der Waals surface area contributed by atoms with E-state index in [0.717, 1.165) is 32.5 Å². The van der Waals surface area contributed by atoms with Crippen molar-refractivity contribution in [2.24, 2.45) is 11.8 Å². The summed E-state index contributed by atoms with van der Waals surface area (Å²) < 4.78 is 5.75. The molecule has 5 atom stereocenters. The molecule has 5 heteroatoms. The van der Waals surface area contributed by atoms with E-state index in [0.29, 0.717) is 35.9 Å². The average Bonchev–Trinajstić information content (AvgIpc) is 2.62. The van der Waals surface area contributed by atoms with E-state index in [9.17, 15) is 9.59 Å². The Morgan fingerprint density at radius 3 is 2.84 bits per heavy atom. The highest BCUT2D eigenvalue weighted by molar-refractivity contribution is 5.90. The van der Waals surface area contributed by atoms with Crippen LogP contribution in [-0.2, 0) is 14.3 Å². The molecule has 3 saturated heterocycles. The molecule has 136 valence electrons. The van der Waals surface area contributed by atoms with Crippen molar-refractivity contribution in [1.82, 2.24) is 9.80 Å². The maximum Gasteiger partial charge on any atom is 0.333 e. The highest BCUT2D eigenvalue weighted by Crippen LogP contribution is 2.42. The van der Waals surface area contributed by atoms with E-state index >= 15 is 0 Å². The normalized spacial score (nSPS) is 38.2. The van der Waals surface area contributed by atoms with Crippen LogP contribution in [0.4, 0.5) is 0 Å². The number of fused-ring (bicyclic) bond motifs is 6. The summed E-state index contributed by atoms with van der Waals surface area (Å²) >= 11 is 0. The lowest BCUT2D eigenvalue weighted by atomic mass is 9.71. The molecule has 3 fully saturated rings. The van der Waals surface area contributed by atoms with Crippen molar-refractivity contribution in [3.05, 3.63) is 23.9 Å². The number of piperidine rings is 3. The Hall–Kier alpha value is -1.62. The molecule has 4 rings (SSSR count). The predicted octanol–water partition coefficient (Wildman–Crippen LogP) is 2.14. The molecular weight excluding hydrogens is 316 g/mol. The first-order chi connectivity index (χ1) is 12.0. The molecule has 0 radical (unpaired) electrons. The highest BCUT2D eigenvalue weighted by atomic mass is 16.5. The van der Waals surface area contributed by atoms with Crippen molar-refractivity contribution in [2.75, 3.05) is 19.6 Å². The Bertz CT molecular complexity index is 626. The molecule has 4 aliphatic heterocycles. The molecule has 2 bridgehead atoms. The quantitative estimate of drug-likeness (QED) is 0.567. The summed E-state index contributed by atoms with van der Waals surface area (Å²) in [7, 11) is 0. The lowest BCUT2D eigenvalue weighted by Crippen LogP contribution is -2.63. The van der Waals surface area contributed by atoms with Gasteiger partial charge in [-0.3, -0.25) is 9.69 Å². The fourth-order valence-corrected chi connectivity index (χ4v) is 5.18. The Kier molecular flexibility index (Phi) is 4.44. The van der Waals surface area contributed by atoms with Gasteiger partial charge >= 0.3 is 5.97 Å². The van der Waals surface area contributed by atoms with Gasteiger partial charge in [0.2, 0.25) is 0 Å². The van der Waals surface area contributed by atoms with E-state index in [2.05, 4.69) is 9.80 Å². The highest BCUT2D eigenvalue weighted by Gasteiger charge is 2.48. The van der Waals surface area contributed by atoms with Gasteiger partial charge in [0.1, 0.15) is 6.10 Å². The number of ketones is 1. The van der Waals surface area contributed by atoms with Crippen LogP contribution in [0.15, 0.2) is 23.9 Å². The third kappa shape index (κ3) is 3.14. The molecule has 2 unspecified atom stereocenters. The maximum atomic E-state index is 12.1. The summed E-state index contributed by atoms with van der Waals surface area (Å²) in [4.78, 5) is 28.9. The van der Waals surface area contributed by atoms with Crippen LogP contribution < -0.4 is 0 Å². The minimum atomic E-state index is -0.171. The summed E-state index contributed by atoms with van der Waals surface area (Å²) in [6, 6.07) is 0.892. The monoisotopic (exact) mass is 344 g/mol. The molecule has 0 N–H and O–H groups in total. The lowest BCUT2D eigenvalue weighted by molar-refractivity contribution is -0.150. The summed E-state index contributed by atoms with van der Waals surface area (Å²) in [5.41, 5.74) is 0.690. The van der Waals surface area contributed by atoms with E-state index in [1.165, 1.54) is 6.42 Å². The van der Waals surface area contributed by atoms with Gasteiger partial charge in [-0.1, -0.05) is 6.08 Å². The van der Waals surface area contributed by atoms with Crippen LogP contribution in [0, 0.1) is 11.8 Å². The van der Waals surface area contributed by atoms with Crippen LogP contribution in [0.3, 0.4) is 0 Å². The van der Waals surface area contributed by atoms with Crippen molar-refractivity contribution >= 4 is 11.8 Å². The van der Waals surface area contributed by atoms with Gasteiger partial charge < -0.3 is 9.64 Å². The number of hydrogen-bond donors (Lipinski definition) is 0. The SMILES string of the molecule is C/C=C(\C)C(=O)O[C@H]1CCN2C[C@H]3C[C@@H](CN4C=CC(=O)CC34)C2C1. The molecular formula is C20H28N2O3. The number of allylic oxidation sites excluding steroid dienone is 2. The van der Waals surface area contributed by atoms with E-state index in [1.54, 1.807) is 6.08 Å². The number of ether oxygens (including phenoxy) is 1. The van der Waals surface area contributed by atoms with E-state index < -0.39 is 0 Å². The first kappa shape index (κ1) is 16.8. The molecule has 0 aromatic heterocycles. The standard InChI is InChI=1S/C20H28N2O3/c1-3-13(2)20(24)25-17-5-7-22-11-14-8-15(19(22)10-17)12-21-6-4-16(23)9-18(14)21/h3-4,6,14-15,17-19H,5,7-12H2,1-2H3/b13-3+/t14-,15+,17+,18?,19?/m1/s1. The summed E-state index contributed by atoms with van der Waals surface area (Å²) in [6.07, 6.45) is 9.35. The molecule has 4 aliphatic rings. The zero-order valence-corrected chi connectivity index (χ0v) is 15.2. The van der Waals surface area contributed by atoms with Crippen LogP contribution in [-0.4, -0.2) is 59.4 Å². The maximum absolute atomic E-state index is 12.1. The molecule has 4 heterocycles. The Balaban J connectivity index is 1.44. The minimum Gasteiger partial charge on any atom is -0.459 e. The second-order valence-corrected chi connectivity index (χ2v) is 8.09. The second-order valence-electron chi connectivity index (χ2n) is 8.09. The molecule has 0 amide bonds. The van der Waals surface area contributed by atoms with Crippen LogP contribution >= 0.6 is 0 Å². The Morgan fingerprint density at radius 1 is 1.24 bits per heavy atom. The van der Waals surface area contributed by atoms with Gasteiger partial charge in [0.05, 0.1) is 0 Å². The largest absolute Gasteiger partial charge is 0.459 e. The number of hydrogen-bond acceptors (Lipinski definition) is 5. The van der Waals surface area contributed by atoms with Gasteiger partial charge in [0.15, 0.2) is 5.78 Å². The zero-order chi connectivity index (χ0) is 17.6. The molecule has 0 spiro atoms. The number of carbonyl (C=O) groups is 2. The Morgan fingerprint density at radius 2 is 2.04 bits per heavy atom. The molecule has 25 heavy (non-hydrogen) atoms. The van der Waals surface area contributed by atoms with Crippen LogP contribution in [0.5, 0.6) is 0 Å². The minimum absolute atomic E-state index is 0.0383. The number of rotatable bonds is 2.